The lowest BCUT2D eigenvalue weighted by Crippen LogP contribution is -2.53. The Bertz CT molecular complexity index is 395. The molecule has 2 bridgehead atoms. The third-order valence-electron chi connectivity index (χ3n) is 7.80. The topological polar surface area (TPSA) is 3.24 Å². The molecule has 7 atom stereocenters. The highest BCUT2D eigenvalue weighted by Crippen LogP contribution is 2.59. The zero-order chi connectivity index (χ0) is 16.6. The zero-order valence-corrected chi connectivity index (χ0v) is 16.4. The van der Waals surface area contributed by atoms with Gasteiger partial charge in [-0.3, -0.25) is 0 Å². The zero-order valence-electron chi connectivity index (χ0n) is 16.4. The fourth-order valence-electron chi connectivity index (χ4n) is 7.21. The molecule has 0 radical (unpaired) electrons. The maximum Gasteiger partial charge on any atom is 0.0821 e. The number of rotatable bonds is 7. The highest BCUT2D eigenvalue weighted by molar-refractivity contribution is 5.03. The van der Waals surface area contributed by atoms with E-state index < -0.39 is 0 Å². The normalized spacial score (nSPS) is 45.7. The highest BCUT2D eigenvalue weighted by atomic mass is 15.4. The molecule has 2 nitrogen and oxygen atoms in total. The molecule has 1 saturated heterocycles. The molecule has 4 fully saturated rings. The summed E-state index contributed by atoms with van der Waals surface area (Å²) in [4.78, 5) is 2.64. The molecular formula is C21H41N2+. The molecule has 0 aromatic carbocycles. The molecule has 0 amide bonds. The molecule has 0 spiro atoms. The van der Waals surface area contributed by atoms with E-state index in [1.807, 2.05) is 0 Å². The van der Waals surface area contributed by atoms with Gasteiger partial charge in [0.1, 0.15) is 0 Å². The largest absolute Gasteiger partial charge is 0.326 e. The SMILES string of the molecule is CCCN(C)CC1C(CC)C2CCC1C1C[N+](C)(CCC)CC21. The van der Waals surface area contributed by atoms with Crippen LogP contribution < -0.4 is 0 Å². The van der Waals surface area contributed by atoms with E-state index in [0.717, 1.165) is 35.5 Å². The molecule has 0 aromatic rings. The highest BCUT2D eigenvalue weighted by Gasteiger charge is 2.59. The molecule has 1 aliphatic heterocycles. The predicted molar refractivity (Wildman–Crippen MR) is 99.3 cm³/mol. The van der Waals surface area contributed by atoms with Gasteiger partial charge in [0.05, 0.1) is 26.7 Å². The van der Waals surface area contributed by atoms with Crippen LogP contribution in [0.25, 0.3) is 0 Å². The van der Waals surface area contributed by atoms with Gasteiger partial charge in [0.2, 0.25) is 0 Å². The lowest BCUT2D eigenvalue weighted by molar-refractivity contribution is -0.900. The van der Waals surface area contributed by atoms with Crippen LogP contribution in [-0.4, -0.2) is 56.2 Å². The van der Waals surface area contributed by atoms with Crippen molar-refractivity contribution < 1.29 is 4.48 Å². The number of hydrogen-bond acceptors (Lipinski definition) is 1. The molecule has 3 saturated carbocycles. The lowest BCUT2D eigenvalue weighted by atomic mass is 9.50. The number of quaternary nitrogens is 1. The third kappa shape index (κ3) is 3.23. The number of nitrogens with zero attached hydrogens (tertiary/aromatic N) is 2. The smallest absolute Gasteiger partial charge is 0.0821 e. The van der Waals surface area contributed by atoms with Crippen molar-refractivity contribution in [1.82, 2.24) is 4.90 Å². The summed E-state index contributed by atoms with van der Waals surface area (Å²) in [6, 6.07) is 0. The Balaban J connectivity index is 1.77. The number of fused-ring (bicyclic) bond motifs is 2. The van der Waals surface area contributed by atoms with Crippen molar-refractivity contribution in [2.24, 2.45) is 35.5 Å². The molecule has 0 aromatic heterocycles. The van der Waals surface area contributed by atoms with Gasteiger partial charge in [-0.15, -0.1) is 0 Å². The summed E-state index contributed by atoms with van der Waals surface area (Å²) >= 11 is 0. The van der Waals surface area contributed by atoms with Crippen LogP contribution in [0.5, 0.6) is 0 Å². The summed E-state index contributed by atoms with van der Waals surface area (Å²) < 4.78 is 1.38. The summed E-state index contributed by atoms with van der Waals surface area (Å²) in [5.74, 6) is 6.20. The van der Waals surface area contributed by atoms with E-state index in [4.69, 9.17) is 0 Å². The van der Waals surface area contributed by atoms with Crippen LogP contribution in [0.3, 0.4) is 0 Å². The standard InChI is InChI=1S/C21H41N2/c1-6-11-22(4)13-19-16(8-3)17-9-10-18(19)21-15-23(5,12-7-2)14-20(17)21/h16-21H,6-15H2,1-5H3/q+1. The minimum absolute atomic E-state index is 0.990. The monoisotopic (exact) mass is 321 g/mol. The van der Waals surface area contributed by atoms with Gasteiger partial charge in [-0.1, -0.05) is 27.2 Å². The maximum atomic E-state index is 2.64. The van der Waals surface area contributed by atoms with Crippen molar-refractivity contribution in [1.29, 1.82) is 0 Å². The van der Waals surface area contributed by atoms with Crippen LogP contribution >= 0.6 is 0 Å². The van der Waals surface area contributed by atoms with Gasteiger partial charge in [0, 0.05) is 18.4 Å². The van der Waals surface area contributed by atoms with Gasteiger partial charge in [0.15, 0.2) is 0 Å². The summed E-state index contributed by atoms with van der Waals surface area (Å²) in [7, 11) is 4.92. The molecule has 23 heavy (non-hydrogen) atoms. The van der Waals surface area contributed by atoms with Crippen LogP contribution in [0.1, 0.15) is 52.9 Å². The van der Waals surface area contributed by atoms with Gasteiger partial charge < -0.3 is 9.38 Å². The van der Waals surface area contributed by atoms with Crippen LogP contribution in [0, 0.1) is 35.5 Å². The Kier molecular flexibility index (Phi) is 5.43. The molecular weight excluding hydrogens is 280 g/mol. The molecule has 7 unspecified atom stereocenters. The Morgan fingerprint density at radius 1 is 0.870 bits per heavy atom. The Labute approximate surface area is 145 Å². The first kappa shape index (κ1) is 17.7. The van der Waals surface area contributed by atoms with Crippen LogP contribution in [-0.2, 0) is 0 Å². The Morgan fingerprint density at radius 2 is 1.48 bits per heavy atom. The van der Waals surface area contributed by atoms with E-state index in [1.54, 1.807) is 12.8 Å². The molecule has 134 valence electrons. The van der Waals surface area contributed by atoms with Gasteiger partial charge in [0.25, 0.3) is 0 Å². The second-order valence-electron chi connectivity index (χ2n) is 9.44. The minimum Gasteiger partial charge on any atom is -0.326 e. The van der Waals surface area contributed by atoms with Crippen LogP contribution in [0.2, 0.25) is 0 Å². The Morgan fingerprint density at radius 3 is 2.00 bits per heavy atom. The quantitative estimate of drug-likeness (QED) is 0.638. The summed E-state index contributed by atoms with van der Waals surface area (Å²) in [6.45, 7) is 14.2. The summed E-state index contributed by atoms with van der Waals surface area (Å²) in [6.07, 6.45) is 7.16. The molecule has 0 N–H and O–H groups in total. The lowest BCUT2D eigenvalue weighted by Gasteiger charge is -2.54. The molecule has 2 heteroatoms. The third-order valence-corrected chi connectivity index (χ3v) is 7.80. The van der Waals surface area contributed by atoms with E-state index in [-0.39, 0.29) is 0 Å². The van der Waals surface area contributed by atoms with Crippen molar-refractivity contribution in [3.8, 4) is 0 Å². The second-order valence-corrected chi connectivity index (χ2v) is 9.44. The van der Waals surface area contributed by atoms with Gasteiger partial charge in [-0.25, -0.2) is 0 Å². The maximum absolute atomic E-state index is 2.64. The van der Waals surface area contributed by atoms with Gasteiger partial charge in [-0.05, 0) is 62.9 Å². The number of likely N-dealkylation sites (tertiary alicyclic amines) is 1. The van der Waals surface area contributed by atoms with Gasteiger partial charge >= 0.3 is 0 Å². The fraction of sp³-hybridized carbons (Fsp3) is 1.00. The fourth-order valence-corrected chi connectivity index (χ4v) is 7.21. The second kappa shape index (κ2) is 7.04. The minimum atomic E-state index is 0.990. The van der Waals surface area contributed by atoms with Crippen molar-refractivity contribution in [3.05, 3.63) is 0 Å². The molecule has 4 aliphatic rings. The van der Waals surface area contributed by atoms with E-state index in [9.17, 15) is 0 Å². The first-order valence-corrected chi connectivity index (χ1v) is 10.5. The van der Waals surface area contributed by atoms with Crippen molar-refractivity contribution in [2.75, 3.05) is 46.8 Å². The van der Waals surface area contributed by atoms with Gasteiger partial charge in [-0.2, -0.15) is 0 Å². The van der Waals surface area contributed by atoms with Crippen LogP contribution in [0.15, 0.2) is 0 Å². The molecule has 1 heterocycles. The van der Waals surface area contributed by atoms with Crippen molar-refractivity contribution >= 4 is 0 Å². The molecule has 3 aliphatic carbocycles. The van der Waals surface area contributed by atoms with E-state index in [0.29, 0.717) is 0 Å². The van der Waals surface area contributed by atoms with Crippen molar-refractivity contribution in [2.45, 2.75) is 52.9 Å². The predicted octanol–water partition coefficient (Wildman–Crippen LogP) is 4.11. The Hall–Kier alpha value is -0.0800. The first-order chi connectivity index (χ1) is 11.0. The average Bonchev–Trinajstić information content (AvgIpc) is 2.86. The van der Waals surface area contributed by atoms with E-state index in [2.05, 4.69) is 39.8 Å². The first-order valence-electron chi connectivity index (χ1n) is 10.5. The van der Waals surface area contributed by atoms with E-state index >= 15 is 0 Å². The molecule has 4 rings (SSSR count). The van der Waals surface area contributed by atoms with E-state index in [1.165, 1.54) is 56.5 Å². The van der Waals surface area contributed by atoms with Crippen LogP contribution in [0.4, 0.5) is 0 Å². The number of hydrogen-bond donors (Lipinski definition) is 0. The average molecular weight is 322 g/mol. The van der Waals surface area contributed by atoms with Crippen molar-refractivity contribution in [3.63, 3.8) is 0 Å². The summed E-state index contributed by atoms with van der Waals surface area (Å²) in [5.41, 5.74) is 0. The summed E-state index contributed by atoms with van der Waals surface area (Å²) in [5, 5.41) is 0.